The van der Waals surface area contributed by atoms with Gasteiger partial charge in [0, 0.05) is 6.54 Å². The minimum absolute atomic E-state index is 0.143. The van der Waals surface area contributed by atoms with Crippen LogP contribution >= 0.6 is 0 Å². The molecule has 0 bridgehead atoms. The normalized spacial score (nSPS) is 12.8. The first-order valence-electron chi connectivity index (χ1n) is 8.27. The van der Waals surface area contributed by atoms with Gasteiger partial charge < -0.3 is 5.32 Å². The van der Waals surface area contributed by atoms with Gasteiger partial charge in [-0.05, 0) is 30.0 Å². The first-order valence-corrected chi connectivity index (χ1v) is 9.76. The summed E-state index contributed by atoms with van der Waals surface area (Å²) in [5.74, 6) is -0.0379. The summed E-state index contributed by atoms with van der Waals surface area (Å²) < 4.78 is 27.7. The van der Waals surface area contributed by atoms with E-state index in [1.807, 2.05) is 44.2 Å². The Morgan fingerprint density at radius 3 is 2.08 bits per heavy atom. The summed E-state index contributed by atoms with van der Waals surface area (Å²) in [4.78, 5) is 12.7. The number of nitrogens with one attached hydrogen (secondary N) is 2. The Bertz CT molecular complexity index is 775. The number of rotatable bonds is 8. The average Bonchev–Trinajstić information content (AvgIpc) is 2.60. The van der Waals surface area contributed by atoms with E-state index >= 15 is 0 Å². The van der Waals surface area contributed by atoms with Gasteiger partial charge in [0.1, 0.15) is 6.04 Å². The molecule has 2 N–H and O–H groups in total. The largest absolute Gasteiger partial charge is 0.354 e. The van der Waals surface area contributed by atoms with Gasteiger partial charge in [-0.15, -0.1) is 0 Å². The molecule has 6 heteroatoms. The second kappa shape index (κ2) is 8.78. The van der Waals surface area contributed by atoms with Crippen LogP contribution in [0.2, 0.25) is 0 Å². The van der Waals surface area contributed by atoms with E-state index < -0.39 is 16.1 Å². The molecule has 0 aliphatic rings. The van der Waals surface area contributed by atoms with E-state index in [1.54, 1.807) is 18.2 Å². The quantitative estimate of drug-likeness (QED) is 0.759. The molecule has 0 aliphatic heterocycles. The molecule has 0 saturated carbocycles. The fraction of sp³-hybridized carbons (Fsp3) is 0.316. The first-order chi connectivity index (χ1) is 11.9. The Hall–Kier alpha value is -2.18. The van der Waals surface area contributed by atoms with Crippen LogP contribution in [0.3, 0.4) is 0 Å². The van der Waals surface area contributed by atoms with Crippen molar-refractivity contribution in [3.63, 3.8) is 0 Å². The zero-order valence-electron chi connectivity index (χ0n) is 14.5. The number of benzene rings is 2. The van der Waals surface area contributed by atoms with Gasteiger partial charge in [0.25, 0.3) is 0 Å². The summed E-state index contributed by atoms with van der Waals surface area (Å²) in [6, 6.07) is 16.6. The van der Waals surface area contributed by atoms with Gasteiger partial charge in [-0.25, -0.2) is 8.42 Å². The lowest BCUT2D eigenvalue weighted by atomic mass is 10.1. The number of carbonyl (C=O) groups excluding carboxylic acids is 1. The van der Waals surface area contributed by atoms with Gasteiger partial charge in [-0.2, -0.15) is 4.72 Å². The van der Waals surface area contributed by atoms with Crippen LogP contribution in [-0.2, 0) is 21.2 Å². The van der Waals surface area contributed by atoms with E-state index in [1.165, 1.54) is 12.1 Å². The number of carbonyl (C=O) groups is 1. The second-order valence-corrected chi connectivity index (χ2v) is 8.03. The van der Waals surface area contributed by atoms with E-state index in [-0.39, 0.29) is 23.1 Å². The first kappa shape index (κ1) is 19.1. The maximum Gasteiger partial charge on any atom is 0.241 e. The van der Waals surface area contributed by atoms with Gasteiger partial charge in [0.2, 0.25) is 15.9 Å². The average molecular weight is 360 g/mol. The molecule has 1 amide bonds. The van der Waals surface area contributed by atoms with Crippen LogP contribution in [0, 0.1) is 5.92 Å². The van der Waals surface area contributed by atoms with Crippen molar-refractivity contribution in [2.45, 2.75) is 31.2 Å². The lowest BCUT2D eigenvalue weighted by Gasteiger charge is -2.19. The van der Waals surface area contributed by atoms with Crippen LogP contribution in [0.4, 0.5) is 0 Å². The van der Waals surface area contributed by atoms with E-state index in [2.05, 4.69) is 10.0 Å². The maximum absolute atomic E-state index is 12.6. The molecule has 0 spiro atoms. The third kappa shape index (κ3) is 5.99. The van der Waals surface area contributed by atoms with Crippen molar-refractivity contribution in [1.29, 1.82) is 0 Å². The molecule has 1 atom stereocenters. The molecule has 2 rings (SSSR count). The lowest BCUT2D eigenvalue weighted by Crippen LogP contribution is -2.48. The fourth-order valence-electron chi connectivity index (χ4n) is 2.32. The van der Waals surface area contributed by atoms with Crippen molar-refractivity contribution in [3.05, 3.63) is 66.2 Å². The molecular weight excluding hydrogens is 336 g/mol. The van der Waals surface area contributed by atoms with Gasteiger partial charge in [0.05, 0.1) is 4.90 Å². The van der Waals surface area contributed by atoms with Crippen LogP contribution in [0.1, 0.15) is 19.4 Å². The van der Waals surface area contributed by atoms with Gasteiger partial charge in [-0.1, -0.05) is 62.4 Å². The van der Waals surface area contributed by atoms with Crippen molar-refractivity contribution in [1.82, 2.24) is 10.0 Å². The Morgan fingerprint density at radius 2 is 1.52 bits per heavy atom. The molecule has 0 fully saturated rings. The predicted molar refractivity (Wildman–Crippen MR) is 98.5 cm³/mol. The Labute approximate surface area is 149 Å². The molecule has 0 unspecified atom stereocenters. The van der Waals surface area contributed by atoms with E-state index in [4.69, 9.17) is 0 Å². The van der Waals surface area contributed by atoms with Gasteiger partial charge >= 0.3 is 0 Å². The molecule has 2 aromatic rings. The van der Waals surface area contributed by atoms with Crippen molar-refractivity contribution in [3.8, 4) is 0 Å². The Kier molecular flexibility index (Phi) is 6.73. The number of amides is 1. The molecule has 5 nitrogen and oxygen atoms in total. The van der Waals surface area contributed by atoms with Crippen LogP contribution in [0.25, 0.3) is 0 Å². The minimum atomic E-state index is -3.77. The molecule has 0 saturated heterocycles. The zero-order chi connectivity index (χ0) is 18.3. The Balaban J connectivity index is 2.20. The number of hydrogen-bond donors (Lipinski definition) is 2. The van der Waals surface area contributed by atoms with Crippen molar-refractivity contribution >= 4 is 15.9 Å². The highest BCUT2D eigenvalue weighted by molar-refractivity contribution is 7.89. The molecule has 0 aliphatic carbocycles. The molecule has 0 aromatic heterocycles. The molecule has 0 radical (unpaired) electrons. The van der Waals surface area contributed by atoms with Crippen molar-refractivity contribution in [2.24, 2.45) is 5.92 Å². The molecule has 25 heavy (non-hydrogen) atoms. The standard InChI is InChI=1S/C19H24N2O3S/c1-15(2)14-20-19(22)18(13-16-9-5-3-6-10-16)21-25(23,24)17-11-7-4-8-12-17/h3-12,15,18,21H,13-14H2,1-2H3,(H,20,22)/t18-/m1/s1. The minimum Gasteiger partial charge on any atom is -0.354 e. The summed E-state index contributed by atoms with van der Waals surface area (Å²) in [7, 11) is -3.77. The van der Waals surface area contributed by atoms with E-state index in [0.29, 0.717) is 6.54 Å². The predicted octanol–water partition coefficient (Wildman–Crippen LogP) is 2.35. The second-order valence-electron chi connectivity index (χ2n) is 6.32. The van der Waals surface area contributed by atoms with E-state index in [0.717, 1.165) is 5.56 Å². The third-order valence-electron chi connectivity index (χ3n) is 3.63. The molecular formula is C19H24N2O3S. The molecule has 134 valence electrons. The lowest BCUT2D eigenvalue weighted by molar-refractivity contribution is -0.122. The highest BCUT2D eigenvalue weighted by Crippen LogP contribution is 2.11. The monoisotopic (exact) mass is 360 g/mol. The SMILES string of the molecule is CC(C)CNC(=O)[C@@H](Cc1ccccc1)NS(=O)(=O)c1ccccc1. The summed E-state index contributed by atoms with van der Waals surface area (Å²) >= 11 is 0. The number of hydrogen-bond acceptors (Lipinski definition) is 3. The van der Waals surface area contributed by atoms with Gasteiger partial charge in [0.15, 0.2) is 0 Å². The van der Waals surface area contributed by atoms with Crippen molar-refractivity contribution in [2.75, 3.05) is 6.54 Å². The van der Waals surface area contributed by atoms with Crippen molar-refractivity contribution < 1.29 is 13.2 Å². The topological polar surface area (TPSA) is 75.3 Å². The summed E-state index contributed by atoms with van der Waals surface area (Å²) in [6.07, 6.45) is 0.289. The van der Waals surface area contributed by atoms with Gasteiger partial charge in [-0.3, -0.25) is 4.79 Å². The molecule has 2 aromatic carbocycles. The smallest absolute Gasteiger partial charge is 0.241 e. The number of sulfonamides is 1. The van der Waals surface area contributed by atoms with Crippen LogP contribution in [0.15, 0.2) is 65.6 Å². The van der Waals surface area contributed by atoms with Crippen LogP contribution in [-0.4, -0.2) is 26.9 Å². The summed E-state index contributed by atoms with van der Waals surface area (Å²) in [5.41, 5.74) is 0.892. The summed E-state index contributed by atoms with van der Waals surface area (Å²) in [6.45, 7) is 4.47. The fourth-order valence-corrected chi connectivity index (χ4v) is 3.54. The third-order valence-corrected chi connectivity index (χ3v) is 5.12. The Morgan fingerprint density at radius 1 is 0.960 bits per heavy atom. The highest BCUT2D eigenvalue weighted by atomic mass is 32.2. The van der Waals surface area contributed by atoms with Crippen LogP contribution in [0.5, 0.6) is 0 Å². The zero-order valence-corrected chi connectivity index (χ0v) is 15.3. The van der Waals surface area contributed by atoms with Crippen LogP contribution < -0.4 is 10.0 Å². The highest BCUT2D eigenvalue weighted by Gasteiger charge is 2.25. The van der Waals surface area contributed by atoms with E-state index in [9.17, 15) is 13.2 Å². The summed E-state index contributed by atoms with van der Waals surface area (Å²) in [5, 5.41) is 2.81. The molecule has 0 heterocycles. The maximum atomic E-state index is 12.6.